The lowest BCUT2D eigenvalue weighted by Gasteiger charge is -2.31. The predicted molar refractivity (Wildman–Crippen MR) is 244 cm³/mol. The predicted octanol–water partition coefficient (Wildman–Crippen LogP) is 3.80. The van der Waals surface area contributed by atoms with Gasteiger partial charge in [-0.15, -0.1) is 5.06 Å². The van der Waals surface area contributed by atoms with Crippen LogP contribution >= 0.6 is 0 Å². The third-order valence-electron chi connectivity index (χ3n) is 13.3. The molecule has 5 heterocycles. The van der Waals surface area contributed by atoms with Gasteiger partial charge in [0.05, 0.1) is 35.1 Å². The number of aliphatic hydroxyl groups is 1. The van der Waals surface area contributed by atoms with E-state index >= 15 is 4.39 Å². The van der Waals surface area contributed by atoms with Crippen LogP contribution in [0.5, 0.6) is 0 Å². The topological polar surface area (TPSA) is 271 Å². The van der Waals surface area contributed by atoms with Crippen LogP contribution in [0.15, 0.2) is 41.2 Å². The molecule has 70 heavy (non-hydrogen) atoms. The quantitative estimate of drug-likeness (QED) is 0.0738. The van der Waals surface area contributed by atoms with E-state index in [9.17, 15) is 48.3 Å². The number of hydrogen-bond acceptors (Lipinski definition) is 14. The van der Waals surface area contributed by atoms with Crippen LogP contribution in [0.1, 0.15) is 118 Å². The van der Waals surface area contributed by atoms with Crippen LogP contribution in [0.3, 0.4) is 0 Å². The Kier molecular flexibility index (Phi) is 13.6. The minimum absolute atomic E-state index is 0.0281. The van der Waals surface area contributed by atoms with Gasteiger partial charge in [-0.1, -0.05) is 32.9 Å². The number of amides is 6. The Balaban J connectivity index is 0.867. The maximum Gasteiger partial charge on any atom is 0.407 e. The Morgan fingerprint density at radius 2 is 1.66 bits per heavy atom. The molecule has 368 valence electrons. The number of hydroxylamine groups is 2. The van der Waals surface area contributed by atoms with Crippen LogP contribution in [-0.4, -0.2) is 79.4 Å². The number of halogens is 1. The minimum atomic E-state index is -2.04. The van der Waals surface area contributed by atoms with Gasteiger partial charge in [0.2, 0.25) is 17.7 Å². The summed E-state index contributed by atoms with van der Waals surface area (Å²) in [5.74, 6) is -5.46. The van der Waals surface area contributed by atoms with Crippen LogP contribution in [-0.2, 0) is 79.7 Å². The van der Waals surface area contributed by atoms with Crippen LogP contribution < -0.4 is 26.8 Å². The minimum Gasteiger partial charge on any atom is -0.458 e. The van der Waals surface area contributed by atoms with Gasteiger partial charge in [0.1, 0.15) is 31.1 Å². The molecule has 2 aromatic heterocycles. The number of aromatic nitrogens is 2. The fraction of sp³-hybridized carbons (Fsp3) is 0.429. The number of ether oxygens (including phenoxy) is 2. The van der Waals surface area contributed by atoms with Gasteiger partial charge >= 0.3 is 18.0 Å². The molecule has 21 heteroatoms. The second kappa shape index (κ2) is 19.4. The first-order chi connectivity index (χ1) is 33.3. The molecular formula is C49H52FN7O13. The molecule has 20 nitrogen and oxygen atoms in total. The summed E-state index contributed by atoms with van der Waals surface area (Å²) in [5, 5.41) is 23.4. The van der Waals surface area contributed by atoms with E-state index in [-0.39, 0.29) is 75.3 Å². The molecule has 1 fully saturated rings. The number of nitrogens with one attached hydrogen (secondary N) is 4. The van der Waals surface area contributed by atoms with Crippen molar-refractivity contribution >= 4 is 64.2 Å². The number of cyclic esters (lactones) is 1. The highest BCUT2D eigenvalue weighted by Gasteiger charge is 2.46. The maximum atomic E-state index is 15.4. The normalized spacial score (nSPS) is 18.6. The Hall–Kier alpha value is -7.55. The number of hydrogen-bond donors (Lipinski definition) is 5. The van der Waals surface area contributed by atoms with E-state index in [2.05, 4.69) is 21.3 Å². The van der Waals surface area contributed by atoms with Gasteiger partial charge in [-0.2, -0.15) is 0 Å². The zero-order chi connectivity index (χ0) is 50.3. The molecule has 6 amide bonds. The fourth-order valence-corrected chi connectivity index (χ4v) is 9.31. The molecule has 0 saturated carbocycles. The van der Waals surface area contributed by atoms with Crippen molar-refractivity contribution in [1.82, 2.24) is 30.6 Å². The van der Waals surface area contributed by atoms with Crippen LogP contribution in [0.25, 0.3) is 22.3 Å². The van der Waals surface area contributed by atoms with Crippen LogP contribution in [0, 0.1) is 18.7 Å². The Labute approximate surface area is 399 Å². The fourth-order valence-electron chi connectivity index (χ4n) is 9.31. The van der Waals surface area contributed by atoms with Gasteiger partial charge in [-0.05, 0) is 85.9 Å². The molecule has 3 aliphatic heterocycles. The number of aryl methyl sites for hydroxylation is 1. The average Bonchev–Trinajstić information content (AvgIpc) is 3.85. The number of anilines is 1. The van der Waals surface area contributed by atoms with Crippen molar-refractivity contribution in [3.8, 4) is 11.4 Å². The molecule has 1 saturated heterocycles. The number of carbonyl (C=O) groups excluding carboxylic acids is 8. The molecule has 0 bridgehead atoms. The number of rotatable bonds is 15. The molecule has 4 atom stereocenters. The van der Waals surface area contributed by atoms with E-state index < -0.39 is 82.7 Å². The van der Waals surface area contributed by atoms with E-state index in [1.54, 1.807) is 58.0 Å². The van der Waals surface area contributed by atoms with Crippen molar-refractivity contribution in [2.24, 2.45) is 5.92 Å². The first-order valence-electron chi connectivity index (χ1n) is 23.1. The number of pyridine rings is 2. The molecule has 4 aliphatic rings. The Morgan fingerprint density at radius 3 is 2.34 bits per heavy atom. The van der Waals surface area contributed by atoms with E-state index in [1.807, 2.05) is 0 Å². The van der Waals surface area contributed by atoms with E-state index in [0.717, 1.165) is 5.56 Å². The van der Waals surface area contributed by atoms with Crippen molar-refractivity contribution < 1.29 is 62.2 Å². The second-order valence-electron chi connectivity index (χ2n) is 18.2. The lowest BCUT2D eigenvalue weighted by atomic mass is 9.81. The van der Waals surface area contributed by atoms with Gasteiger partial charge in [0.25, 0.3) is 17.4 Å². The summed E-state index contributed by atoms with van der Waals surface area (Å²) < 4.78 is 27.7. The molecule has 2 aromatic carbocycles. The molecule has 5 N–H and O–H groups in total. The Bertz CT molecular complexity index is 2940. The summed E-state index contributed by atoms with van der Waals surface area (Å²) in [6.45, 7) is 7.81. The van der Waals surface area contributed by atoms with Crippen LogP contribution in [0.4, 0.5) is 14.9 Å². The van der Waals surface area contributed by atoms with E-state index in [0.29, 0.717) is 68.1 Å². The molecular weight excluding hydrogens is 914 g/mol. The molecule has 4 aromatic rings. The summed E-state index contributed by atoms with van der Waals surface area (Å²) in [6.07, 6.45) is -0.438. The number of benzene rings is 2. The van der Waals surface area contributed by atoms with Gasteiger partial charge < -0.3 is 45.3 Å². The smallest absolute Gasteiger partial charge is 0.407 e. The molecule has 0 unspecified atom stereocenters. The van der Waals surface area contributed by atoms with Gasteiger partial charge in [0.15, 0.2) is 5.60 Å². The molecule has 8 rings (SSSR count). The van der Waals surface area contributed by atoms with E-state index in [1.165, 1.54) is 17.6 Å². The maximum absolute atomic E-state index is 15.4. The largest absolute Gasteiger partial charge is 0.458 e. The molecule has 0 spiro atoms. The average molecular weight is 966 g/mol. The first-order valence-corrected chi connectivity index (χ1v) is 23.1. The zero-order valence-corrected chi connectivity index (χ0v) is 39.1. The zero-order valence-electron chi connectivity index (χ0n) is 39.1. The summed E-state index contributed by atoms with van der Waals surface area (Å²) in [6, 6.07) is 6.71. The highest BCUT2D eigenvalue weighted by molar-refractivity contribution is 6.02. The number of alkyl carbamates (subject to hydrolysis) is 1. The summed E-state index contributed by atoms with van der Waals surface area (Å²) >= 11 is 0. The highest BCUT2D eigenvalue weighted by atomic mass is 19.1. The van der Waals surface area contributed by atoms with Crippen molar-refractivity contribution in [2.45, 2.75) is 129 Å². The van der Waals surface area contributed by atoms with Crippen molar-refractivity contribution in [3.63, 3.8) is 0 Å². The van der Waals surface area contributed by atoms with Gasteiger partial charge in [-0.3, -0.25) is 28.8 Å². The summed E-state index contributed by atoms with van der Waals surface area (Å²) in [7, 11) is 0. The standard InChI is InChI=1S/C49H52FN7O13/c1-6-49(67)31-18-35-43-29(20-56(35)46(64)30(31)22-68-47(49)65)41-33(15-14-28-24(4)32(50)19-34(53-43)40(28)41)54-48(66)69-21-26-10-12-27(13-11-26)52-44(62)25(5)51-45(63)42(23(2)3)55-36(58)8-7-9-39(61)70-57-37(59)16-17-38(57)60/h10-13,18-19,23,25,33,42,67H,6-9,14-17,20-22H2,1-5H3,(H,51,63)(H,52,62)(H,54,66)(H,55,58)/t25-,33-,42-,49-/m0/s1. The SMILES string of the molecule is CC[C@@]1(O)C(=O)OCc2c1cc1n(c2=O)Cc2c-1nc1cc(F)c(C)c3c1c2[C@@H](NC(=O)OCc1ccc(NC(=O)[C@H](C)NC(=O)[C@@H](NC(=O)CCCC(=O)ON2C(=O)CCC2=O)C(C)C)cc1)CC3. The van der Waals surface area contributed by atoms with E-state index in [4.69, 9.17) is 19.3 Å². The molecule has 0 radical (unpaired) electrons. The Morgan fingerprint density at radius 1 is 0.943 bits per heavy atom. The summed E-state index contributed by atoms with van der Waals surface area (Å²) in [5.41, 5.74) is 2.31. The second-order valence-corrected chi connectivity index (χ2v) is 18.2. The monoisotopic (exact) mass is 965 g/mol. The van der Waals surface area contributed by atoms with Crippen molar-refractivity contribution in [1.29, 1.82) is 0 Å². The number of carbonyl (C=O) groups is 8. The lowest BCUT2D eigenvalue weighted by molar-refractivity contribution is -0.197. The van der Waals surface area contributed by atoms with Gasteiger partial charge in [0, 0.05) is 54.0 Å². The number of imide groups is 1. The van der Waals surface area contributed by atoms with Crippen LogP contribution in [0.2, 0.25) is 0 Å². The lowest BCUT2D eigenvalue weighted by Crippen LogP contribution is -2.53. The molecule has 1 aliphatic carbocycles. The number of fused-ring (bicyclic) bond motifs is 5. The summed E-state index contributed by atoms with van der Waals surface area (Å²) in [4.78, 5) is 124. The first kappa shape index (κ1) is 48.9. The van der Waals surface area contributed by atoms with Crippen molar-refractivity contribution in [2.75, 3.05) is 5.32 Å². The number of nitrogens with zero attached hydrogens (tertiary/aromatic N) is 3. The third-order valence-corrected chi connectivity index (χ3v) is 13.3. The van der Waals surface area contributed by atoms with Gasteiger partial charge in [-0.25, -0.2) is 23.8 Å². The third kappa shape index (κ3) is 9.31. The van der Waals surface area contributed by atoms with Crippen molar-refractivity contribution in [3.05, 3.63) is 91.5 Å². The highest BCUT2D eigenvalue weighted by Crippen LogP contribution is 2.46. The number of esters is 1.